The third kappa shape index (κ3) is 2.59. The van der Waals surface area contributed by atoms with E-state index in [2.05, 4.69) is 6.92 Å². The Morgan fingerprint density at radius 2 is 2.12 bits per heavy atom. The van der Waals surface area contributed by atoms with Crippen LogP contribution in [0.25, 0.3) is 0 Å². The monoisotopic (exact) mass is 257 g/mol. The smallest absolute Gasteiger partial charge is 0.327 e. The fourth-order valence-corrected chi connectivity index (χ4v) is 3.84. The number of nitrogens with zero attached hydrogens (tertiary/aromatic N) is 1. The van der Waals surface area contributed by atoms with Crippen molar-refractivity contribution in [3.05, 3.63) is 0 Å². The quantitative estimate of drug-likeness (QED) is 0.813. The number of carboxylic acids is 1. The Bertz CT molecular complexity index is 321. The summed E-state index contributed by atoms with van der Waals surface area (Å²) < 4.78 is 0. The van der Waals surface area contributed by atoms with Gasteiger partial charge in [-0.15, -0.1) is 0 Å². The predicted octanol–water partition coefficient (Wildman–Crippen LogP) is 1.45. The van der Waals surface area contributed by atoms with Crippen LogP contribution in [0.5, 0.6) is 0 Å². The van der Waals surface area contributed by atoms with Gasteiger partial charge in [-0.1, -0.05) is 13.3 Å². The van der Waals surface area contributed by atoms with E-state index in [-0.39, 0.29) is 11.8 Å². The van der Waals surface area contributed by atoms with E-state index < -0.39 is 12.0 Å². The molecule has 17 heavy (non-hydrogen) atoms. The SMILES string of the molecule is CC1CCCC1C(=O)N1CCSCC1C(=O)O. The molecule has 1 aliphatic heterocycles. The zero-order chi connectivity index (χ0) is 12.4. The normalized spacial score (nSPS) is 33.7. The van der Waals surface area contributed by atoms with Crippen molar-refractivity contribution in [2.75, 3.05) is 18.1 Å². The minimum absolute atomic E-state index is 0.0555. The van der Waals surface area contributed by atoms with E-state index in [1.54, 1.807) is 16.7 Å². The topological polar surface area (TPSA) is 57.6 Å². The zero-order valence-electron chi connectivity index (χ0n) is 10.1. The molecule has 1 aliphatic carbocycles. The van der Waals surface area contributed by atoms with Crippen LogP contribution in [0.4, 0.5) is 0 Å². The van der Waals surface area contributed by atoms with Gasteiger partial charge >= 0.3 is 5.97 Å². The Morgan fingerprint density at radius 1 is 1.35 bits per heavy atom. The lowest BCUT2D eigenvalue weighted by molar-refractivity contribution is -0.151. The van der Waals surface area contributed by atoms with Gasteiger partial charge < -0.3 is 10.0 Å². The van der Waals surface area contributed by atoms with E-state index in [0.29, 0.717) is 18.2 Å². The minimum Gasteiger partial charge on any atom is -0.480 e. The highest BCUT2D eigenvalue weighted by Crippen LogP contribution is 2.33. The molecule has 0 radical (unpaired) electrons. The molecule has 0 spiro atoms. The lowest BCUT2D eigenvalue weighted by Crippen LogP contribution is -2.52. The average Bonchev–Trinajstić information content (AvgIpc) is 2.74. The van der Waals surface area contributed by atoms with Gasteiger partial charge in [0.2, 0.25) is 5.91 Å². The van der Waals surface area contributed by atoms with Gasteiger partial charge in [0.1, 0.15) is 6.04 Å². The first kappa shape index (κ1) is 12.7. The molecule has 0 bridgehead atoms. The molecule has 96 valence electrons. The Kier molecular flexibility index (Phi) is 3.97. The molecule has 0 aromatic rings. The van der Waals surface area contributed by atoms with Crippen molar-refractivity contribution >= 4 is 23.6 Å². The van der Waals surface area contributed by atoms with E-state index in [9.17, 15) is 9.59 Å². The number of thioether (sulfide) groups is 1. The second kappa shape index (κ2) is 5.29. The van der Waals surface area contributed by atoms with Gasteiger partial charge in [0.15, 0.2) is 0 Å². The van der Waals surface area contributed by atoms with Gasteiger partial charge in [-0.25, -0.2) is 4.79 Å². The fourth-order valence-electron chi connectivity index (χ4n) is 2.80. The number of carbonyl (C=O) groups excluding carboxylic acids is 1. The van der Waals surface area contributed by atoms with Crippen LogP contribution < -0.4 is 0 Å². The molecule has 1 saturated heterocycles. The summed E-state index contributed by atoms with van der Waals surface area (Å²) in [5, 5.41) is 9.16. The second-order valence-corrected chi connectivity index (χ2v) is 6.13. The Balaban J connectivity index is 2.08. The van der Waals surface area contributed by atoms with E-state index in [1.165, 1.54) is 0 Å². The summed E-state index contributed by atoms with van der Waals surface area (Å²) in [6.45, 7) is 2.69. The Hall–Kier alpha value is -0.710. The highest BCUT2D eigenvalue weighted by atomic mass is 32.2. The predicted molar refractivity (Wildman–Crippen MR) is 67.0 cm³/mol. The number of carbonyl (C=O) groups is 2. The van der Waals surface area contributed by atoms with Crippen molar-refractivity contribution in [2.24, 2.45) is 11.8 Å². The number of aliphatic carboxylic acids is 1. The van der Waals surface area contributed by atoms with Gasteiger partial charge in [-0.3, -0.25) is 4.79 Å². The van der Waals surface area contributed by atoms with Crippen LogP contribution in [0.1, 0.15) is 26.2 Å². The van der Waals surface area contributed by atoms with Crippen molar-refractivity contribution in [1.29, 1.82) is 0 Å². The maximum Gasteiger partial charge on any atom is 0.327 e. The third-order valence-electron chi connectivity index (χ3n) is 3.88. The van der Waals surface area contributed by atoms with E-state index in [4.69, 9.17) is 5.11 Å². The summed E-state index contributed by atoms with van der Waals surface area (Å²) in [4.78, 5) is 25.1. The molecule has 1 N–H and O–H groups in total. The van der Waals surface area contributed by atoms with Gasteiger partial charge in [0.25, 0.3) is 0 Å². The summed E-state index contributed by atoms with van der Waals surface area (Å²) in [6, 6.07) is -0.617. The maximum atomic E-state index is 12.4. The van der Waals surface area contributed by atoms with E-state index in [0.717, 1.165) is 25.0 Å². The molecule has 2 fully saturated rings. The van der Waals surface area contributed by atoms with Crippen molar-refractivity contribution in [2.45, 2.75) is 32.2 Å². The first-order chi connectivity index (χ1) is 8.11. The van der Waals surface area contributed by atoms with Crippen molar-refractivity contribution < 1.29 is 14.7 Å². The minimum atomic E-state index is -0.865. The molecule has 4 nitrogen and oxygen atoms in total. The largest absolute Gasteiger partial charge is 0.480 e. The fraction of sp³-hybridized carbons (Fsp3) is 0.833. The molecule has 2 rings (SSSR count). The second-order valence-electron chi connectivity index (χ2n) is 4.98. The lowest BCUT2D eigenvalue weighted by atomic mass is 9.96. The summed E-state index contributed by atoms with van der Waals surface area (Å²) in [6.07, 6.45) is 3.12. The van der Waals surface area contributed by atoms with Crippen molar-refractivity contribution in [3.63, 3.8) is 0 Å². The summed E-state index contributed by atoms with van der Waals surface area (Å²) >= 11 is 1.62. The first-order valence-electron chi connectivity index (χ1n) is 6.22. The van der Waals surface area contributed by atoms with Gasteiger partial charge in [-0.05, 0) is 18.8 Å². The van der Waals surface area contributed by atoms with Crippen LogP contribution >= 0.6 is 11.8 Å². The molecule has 0 aromatic carbocycles. The molecular weight excluding hydrogens is 238 g/mol. The molecular formula is C12H19NO3S. The average molecular weight is 257 g/mol. The molecule has 1 amide bonds. The van der Waals surface area contributed by atoms with Crippen molar-refractivity contribution in [1.82, 2.24) is 4.90 Å². The molecule has 1 heterocycles. The van der Waals surface area contributed by atoms with Gasteiger partial charge in [-0.2, -0.15) is 11.8 Å². The summed E-state index contributed by atoms with van der Waals surface area (Å²) in [5.74, 6) is 1.06. The van der Waals surface area contributed by atoms with Crippen LogP contribution in [0.3, 0.4) is 0 Å². The van der Waals surface area contributed by atoms with Gasteiger partial charge in [0, 0.05) is 24.0 Å². The van der Waals surface area contributed by atoms with Crippen LogP contribution in [-0.4, -0.2) is 46.0 Å². The number of carboxylic acid groups (broad SMARTS) is 1. The molecule has 2 aliphatic rings. The zero-order valence-corrected chi connectivity index (χ0v) is 10.9. The Morgan fingerprint density at radius 3 is 2.71 bits per heavy atom. The summed E-state index contributed by atoms with van der Waals surface area (Å²) in [5.41, 5.74) is 0. The summed E-state index contributed by atoms with van der Waals surface area (Å²) in [7, 11) is 0. The molecule has 5 heteroatoms. The molecule has 1 saturated carbocycles. The highest BCUT2D eigenvalue weighted by Gasteiger charge is 2.38. The number of amides is 1. The molecule has 3 atom stereocenters. The number of hydrogen-bond donors (Lipinski definition) is 1. The van der Waals surface area contributed by atoms with Crippen LogP contribution in [0.15, 0.2) is 0 Å². The van der Waals surface area contributed by atoms with Gasteiger partial charge in [0.05, 0.1) is 0 Å². The van der Waals surface area contributed by atoms with Crippen molar-refractivity contribution in [3.8, 4) is 0 Å². The molecule has 3 unspecified atom stereocenters. The van der Waals surface area contributed by atoms with Crippen LogP contribution in [0.2, 0.25) is 0 Å². The number of rotatable bonds is 2. The van der Waals surface area contributed by atoms with E-state index >= 15 is 0 Å². The first-order valence-corrected chi connectivity index (χ1v) is 7.37. The van der Waals surface area contributed by atoms with E-state index in [1.807, 2.05) is 0 Å². The highest BCUT2D eigenvalue weighted by molar-refractivity contribution is 7.99. The number of hydrogen-bond acceptors (Lipinski definition) is 3. The van der Waals surface area contributed by atoms with Crippen LogP contribution in [0, 0.1) is 11.8 Å². The third-order valence-corrected chi connectivity index (χ3v) is 4.90. The Labute approximate surface area is 106 Å². The standard InChI is InChI=1S/C12H19NO3S/c1-8-3-2-4-9(8)11(14)13-5-6-17-7-10(13)12(15)16/h8-10H,2-7H2,1H3,(H,15,16). The molecule has 0 aromatic heterocycles. The maximum absolute atomic E-state index is 12.4. The lowest BCUT2D eigenvalue weighted by Gasteiger charge is -2.35. The van der Waals surface area contributed by atoms with Crippen LogP contribution in [-0.2, 0) is 9.59 Å².